The molecule has 1 atom stereocenters. The number of hydrogen-bond acceptors (Lipinski definition) is 6. The second-order valence-corrected chi connectivity index (χ2v) is 20.2. The van der Waals surface area contributed by atoms with Crippen LogP contribution in [0.5, 0.6) is 0 Å². The van der Waals surface area contributed by atoms with Gasteiger partial charge in [-0.1, -0.05) is 284 Å². The number of allylic oxidation sites excluding steroid dienone is 18. The molecule has 1 unspecified atom stereocenters. The van der Waals surface area contributed by atoms with Crippen molar-refractivity contribution in [2.75, 3.05) is 13.2 Å². The Hall–Kier alpha value is -3.93. The quantitative estimate of drug-likeness (QED) is 0.0261. The van der Waals surface area contributed by atoms with Gasteiger partial charge in [-0.3, -0.25) is 14.4 Å². The molecular formula is C68H114O6. The predicted octanol–water partition coefficient (Wildman–Crippen LogP) is 21.0. The van der Waals surface area contributed by atoms with Crippen LogP contribution in [-0.4, -0.2) is 37.2 Å². The minimum atomic E-state index is -0.788. The molecule has 0 saturated carbocycles. The molecule has 74 heavy (non-hydrogen) atoms. The van der Waals surface area contributed by atoms with E-state index in [0.29, 0.717) is 19.3 Å². The van der Waals surface area contributed by atoms with Gasteiger partial charge in [0.15, 0.2) is 6.10 Å². The second-order valence-electron chi connectivity index (χ2n) is 20.2. The fourth-order valence-electron chi connectivity index (χ4n) is 8.44. The summed E-state index contributed by atoms with van der Waals surface area (Å²) in [6, 6.07) is 0. The predicted molar refractivity (Wildman–Crippen MR) is 320 cm³/mol. The van der Waals surface area contributed by atoms with Gasteiger partial charge in [-0.05, 0) is 89.9 Å². The van der Waals surface area contributed by atoms with E-state index in [2.05, 4.69) is 130 Å². The molecule has 0 amide bonds. The number of rotatable bonds is 55. The van der Waals surface area contributed by atoms with Crippen molar-refractivity contribution in [2.45, 2.75) is 290 Å². The Morgan fingerprint density at radius 3 is 0.824 bits per heavy atom. The van der Waals surface area contributed by atoms with Crippen LogP contribution in [0, 0.1) is 0 Å². The van der Waals surface area contributed by atoms with Crippen LogP contribution in [0.3, 0.4) is 0 Å². The van der Waals surface area contributed by atoms with Crippen LogP contribution in [-0.2, 0) is 28.6 Å². The van der Waals surface area contributed by atoms with Crippen LogP contribution in [0.2, 0.25) is 0 Å². The van der Waals surface area contributed by atoms with Crippen LogP contribution in [0.1, 0.15) is 284 Å². The maximum atomic E-state index is 12.8. The maximum Gasteiger partial charge on any atom is 0.306 e. The summed E-state index contributed by atoms with van der Waals surface area (Å²) in [6.07, 6.45) is 84.3. The van der Waals surface area contributed by atoms with Crippen molar-refractivity contribution in [1.29, 1.82) is 0 Å². The molecule has 6 nitrogen and oxygen atoms in total. The Morgan fingerprint density at radius 2 is 0.527 bits per heavy atom. The van der Waals surface area contributed by atoms with Gasteiger partial charge in [-0.15, -0.1) is 0 Å². The third kappa shape index (κ3) is 59.0. The zero-order chi connectivity index (χ0) is 53.6. The standard InChI is InChI=1S/C68H114O6/c1-4-7-10-13-15-17-19-21-23-25-27-29-30-31-32-33-34-35-36-37-38-39-41-42-44-46-48-50-52-55-58-61-67(70)73-64-65(63-72-66(69)60-57-54-12-9-6-3)74-68(71)62-59-56-53-51-49-47-45-43-40-28-26-24-22-20-18-16-14-11-8-5-2/h7,10,15,17,21,23,27,29,31-32,34-35,37-38,41-42,46,48,65H,4-6,8-9,11-14,16,18-20,22,24-26,28,30,33,36,39-40,43-45,47,49-64H2,1-3H3/b10-7-,17-15-,23-21-,29-27-,32-31-,35-34-,38-37-,42-41-,48-46-. The van der Waals surface area contributed by atoms with E-state index in [9.17, 15) is 14.4 Å². The highest BCUT2D eigenvalue weighted by Gasteiger charge is 2.19. The van der Waals surface area contributed by atoms with Crippen LogP contribution in [0.4, 0.5) is 0 Å². The molecule has 0 aromatic rings. The Kier molecular flexibility index (Phi) is 58.3. The van der Waals surface area contributed by atoms with Crippen molar-refractivity contribution in [3.63, 3.8) is 0 Å². The first kappa shape index (κ1) is 70.1. The zero-order valence-corrected chi connectivity index (χ0v) is 48.3. The number of carbonyl (C=O) groups is 3. The first-order valence-electron chi connectivity index (χ1n) is 30.9. The van der Waals surface area contributed by atoms with Crippen LogP contribution in [0.15, 0.2) is 109 Å². The highest BCUT2D eigenvalue weighted by Crippen LogP contribution is 2.16. The summed E-state index contributed by atoms with van der Waals surface area (Å²) >= 11 is 0. The third-order valence-electron chi connectivity index (χ3n) is 13.0. The Balaban J connectivity index is 4.15. The van der Waals surface area contributed by atoms with Crippen LogP contribution >= 0.6 is 0 Å². The average Bonchev–Trinajstić information content (AvgIpc) is 3.40. The lowest BCUT2D eigenvalue weighted by Gasteiger charge is -2.18. The minimum absolute atomic E-state index is 0.0879. The number of esters is 3. The maximum absolute atomic E-state index is 12.8. The summed E-state index contributed by atoms with van der Waals surface area (Å²) in [4.78, 5) is 37.9. The summed E-state index contributed by atoms with van der Waals surface area (Å²) in [5.74, 6) is -0.930. The van der Waals surface area contributed by atoms with E-state index in [1.807, 2.05) is 0 Å². The largest absolute Gasteiger partial charge is 0.462 e. The SMILES string of the molecule is CC/C=C\C/C=C\C/C=C\C/C=C\C/C=C\C/C=C\C/C=C\C/C=C\C/C=C\CCCCCC(=O)OCC(COC(=O)CCCCCCC)OC(=O)CCCCCCCCCCCCCCCCCCCCCC. The molecule has 0 aliphatic carbocycles. The smallest absolute Gasteiger partial charge is 0.306 e. The van der Waals surface area contributed by atoms with Crippen LogP contribution < -0.4 is 0 Å². The van der Waals surface area contributed by atoms with E-state index in [1.165, 1.54) is 116 Å². The van der Waals surface area contributed by atoms with Gasteiger partial charge < -0.3 is 14.2 Å². The van der Waals surface area contributed by atoms with E-state index in [1.54, 1.807) is 0 Å². The first-order chi connectivity index (χ1) is 36.5. The van der Waals surface area contributed by atoms with Crippen molar-refractivity contribution < 1.29 is 28.6 Å². The molecule has 0 aromatic carbocycles. The minimum Gasteiger partial charge on any atom is -0.462 e. The van der Waals surface area contributed by atoms with Crippen molar-refractivity contribution in [3.05, 3.63) is 109 Å². The van der Waals surface area contributed by atoms with E-state index in [-0.39, 0.29) is 31.1 Å². The summed E-state index contributed by atoms with van der Waals surface area (Å²) in [5.41, 5.74) is 0. The normalized spacial score (nSPS) is 12.9. The molecule has 422 valence electrons. The molecule has 0 aliphatic heterocycles. The molecule has 0 saturated heterocycles. The molecule has 0 heterocycles. The van der Waals surface area contributed by atoms with Crippen LogP contribution in [0.25, 0.3) is 0 Å². The second kappa shape index (κ2) is 61.6. The number of ether oxygens (including phenoxy) is 3. The molecule has 0 aliphatic rings. The summed E-state index contributed by atoms with van der Waals surface area (Å²) in [7, 11) is 0. The molecule has 0 N–H and O–H groups in total. The van der Waals surface area contributed by atoms with Crippen molar-refractivity contribution in [3.8, 4) is 0 Å². The first-order valence-corrected chi connectivity index (χ1v) is 30.9. The fraction of sp³-hybridized carbons (Fsp3) is 0.691. The molecule has 0 fully saturated rings. The Morgan fingerprint density at radius 1 is 0.284 bits per heavy atom. The lowest BCUT2D eigenvalue weighted by atomic mass is 10.0. The molecule has 0 aromatic heterocycles. The summed E-state index contributed by atoms with van der Waals surface area (Å²) < 4.78 is 16.7. The zero-order valence-electron chi connectivity index (χ0n) is 48.3. The number of hydrogen-bond donors (Lipinski definition) is 0. The Bertz CT molecular complexity index is 1510. The van der Waals surface area contributed by atoms with Crippen molar-refractivity contribution in [1.82, 2.24) is 0 Å². The van der Waals surface area contributed by atoms with E-state index < -0.39 is 6.10 Å². The van der Waals surface area contributed by atoms with E-state index >= 15 is 0 Å². The van der Waals surface area contributed by atoms with Crippen molar-refractivity contribution >= 4 is 17.9 Å². The summed E-state index contributed by atoms with van der Waals surface area (Å²) in [5, 5.41) is 0. The van der Waals surface area contributed by atoms with E-state index in [0.717, 1.165) is 128 Å². The molecule has 0 bridgehead atoms. The summed E-state index contributed by atoms with van der Waals surface area (Å²) in [6.45, 7) is 6.43. The highest BCUT2D eigenvalue weighted by atomic mass is 16.6. The van der Waals surface area contributed by atoms with Gasteiger partial charge in [0.25, 0.3) is 0 Å². The van der Waals surface area contributed by atoms with Gasteiger partial charge in [0, 0.05) is 19.3 Å². The van der Waals surface area contributed by atoms with Gasteiger partial charge in [-0.25, -0.2) is 0 Å². The highest BCUT2D eigenvalue weighted by molar-refractivity contribution is 5.71. The monoisotopic (exact) mass is 1030 g/mol. The van der Waals surface area contributed by atoms with Crippen molar-refractivity contribution in [2.24, 2.45) is 0 Å². The number of unbranched alkanes of at least 4 members (excludes halogenated alkanes) is 26. The fourth-order valence-corrected chi connectivity index (χ4v) is 8.44. The van der Waals surface area contributed by atoms with E-state index in [4.69, 9.17) is 14.2 Å². The Labute approximate surface area is 457 Å². The van der Waals surface area contributed by atoms with Gasteiger partial charge in [0.2, 0.25) is 0 Å². The third-order valence-corrected chi connectivity index (χ3v) is 13.0. The van der Waals surface area contributed by atoms with Gasteiger partial charge in [0.05, 0.1) is 0 Å². The van der Waals surface area contributed by atoms with Gasteiger partial charge in [0.1, 0.15) is 13.2 Å². The van der Waals surface area contributed by atoms with Gasteiger partial charge >= 0.3 is 17.9 Å². The molecule has 0 spiro atoms. The molecular weight excluding hydrogens is 913 g/mol. The van der Waals surface area contributed by atoms with Gasteiger partial charge in [-0.2, -0.15) is 0 Å². The molecule has 0 radical (unpaired) electrons. The molecule has 6 heteroatoms. The topological polar surface area (TPSA) is 78.9 Å². The molecule has 0 rings (SSSR count). The lowest BCUT2D eigenvalue weighted by Crippen LogP contribution is -2.30. The average molecular weight is 1030 g/mol. The lowest BCUT2D eigenvalue weighted by molar-refractivity contribution is -0.167. The number of carbonyl (C=O) groups excluding carboxylic acids is 3.